The number of alkyl halides is 1. The summed E-state index contributed by atoms with van der Waals surface area (Å²) in [6, 6.07) is 9.37. The van der Waals surface area contributed by atoms with E-state index in [0.717, 1.165) is 19.3 Å². The third kappa shape index (κ3) is 6.32. The molecule has 1 aliphatic heterocycles. The highest BCUT2D eigenvalue weighted by atomic mass is 19.1. The standard InChI is InChI=1S/C20H29FN2O3/c1-20(2,3)26-19(25)23-14-16(21)13-17(23)18(24)22-12-8-7-11-15-9-5-4-6-10-15/h4-6,9-10,16-17H,7-8,11-14H2,1-3H3,(H,22,24)/t16-,17+/m1/s1. The van der Waals surface area contributed by atoms with Crippen LogP contribution < -0.4 is 5.32 Å². The second kappa shape index (κ2) is 9.01. The first-order valence-electron chi connectivity index (χ1n) is 9.21. The van der Waals surface area contributed by atoms with Crippen molar-refractivity contribution in [2.75, 3.05) is 13.1 Å². The summed E-state index contributed by atoms with van der Waals surface area (Å²) in [5.74, 6) is -0.310. The fourth-order valence-corrected chi connectivity index (χ4v) is 2.98. The maximum atomic E-state index is 13.8. The molecule has 0 unspecified atom stereocenters. The van der Waals surface area contributed by atoms with Gasteiger partial charge in [-0.15, -0.1) is 0 Å². The van der Waals surface area contributed by atoms with Crippen LogP contribution in [0.3, 0.4) is 0 Å². The van der Waals surface area contributed by atoms with Crippen molar-refractivity contribution in [1.82, 2.24) is 10.2 Å². The number of rotatable bonds is 6. The van der Waals surface area contributed by atoms with Gasteiger partial charge in [-0.25, -0.2) is 9.18 Å². The van der Waals surface area contributed by atoms with E-state index in [2.05, 4.69) is 17.4 Å². The average molecular weight is 364 g/mol. The molecule has 0 radical (unpaired) electrons. The van der Waals surface area contributed by atoms with Crippen molar-refractivity contribution >= 4 is 12.0 Å². The predicted molar refractivity (Wildman–Crippen MR) is 98.6 cm³/mol. The summed E-state index contributed by atoms with van der Waals surface area (Å²) in [5, 5.41) is 2.82. The van der Waals surface area contributed by atoms with E-state index < -0.39 is 23.9 Å². The van der Waals surface area contributed by atoms with Crippen LogP contribution in [0.25, 0.3) is 0 Å². The summed E-state index contributed by atoms with van der Waals surface area (Å²) in [6.07, 6.45) is 0.930. The van der Waals surface area contributed by atoms with Crippen molar-refractivity contribution in [3.05, 3.63) is 35.9 Å². The highest BCUT2D eigenvalue weighted by Gasteiger charge is 2.41. The Morgan fingerprint density at radius 1 is 1.23 bits per heavy atom. The fraction of sp³-hybridized carbons (Fsp3) is 0.600. The van der Waals surface area contributed by atoms with E-state index in [1.54, 1.807) is 20.8 Å². The minimum Gasteiger partial charge on any atom is -0.444 e. The topological polar surface area (TPSA) is 58.6 Å². The molecule has 144 valence electrons. The molecular formula is C20H29FN2O3. The zero-order valence-electron chi connectivity index (χ0n) is 15.8. The molecular weight excluding hydrogens is 335 g/mol. The number of ether oxygens (including phenoxy) is 1. The number of benzene rings is 1. The van der Waals surface area contributed by atoms with Crippen LogP contribution in [0.1, 0.15) is 45.6 Å². The quantitative estimate of drug-likeness (QED) is 0.787. The number of carbonyl (C=O) groups excluding carboxylic acids is 2. The Morgan fingerprint density at radius 2 is 1.92 bits per heavy atom. The second-order valence-electron chi connectivity index (χ2n) is 7.72. The summed E-state index contributed by atoms with van der Waals surface area (Å²) in [4.78, 5) is 25.8. The van der Waals surface area contributed by atoms with E-state index >= 15 is 0 Å². The maximum absolute atomic E-state index is 13.8. The van der Waals surface area contributed by atoms with Gasteiger partial charge in [-0.1, -0.05) is 30.3 Å². The van der Waals surface area contributed by atoms with Crippen molar-refractivity contribution in [1.29, 1.82) is 0 Å². The van der Waals surface area contributed by atoms with Gasteiger partial charge in [0.1, 0.15) is 17.8 Å². The molecule has 1 aromatic carbocycles. The monoisotopic (exact) mass is 364 g/mol. The van der Waals surface area contributed by atoms with Crippen molar-refractivity contribution in [2.45, 2.75) is 64.3 Å². The molecule has 0 bridgehead atoms. The number of nitrogens with zero attached hydrogens (tertiary/aromatic N) is 1. The third-order valence-electron chi connectivity index (χ3n) is 4.21. The maximum Gasteiger partial charge on any atom is 0.411 e. The van der Waals surface area contributed by atoms with Crippen LogP contribution >= 0.6 is 0 Å². The van der Waals surface area contributed by atoms with E-state index in [0.29, 0.717) is 6.54 Å². The Hall–Kier alpha value is -2.11. The Balaban J connectivity index is 1.76. The summed E-state index contributed by atoms with van der Waals surface area (Å²) >= 11 is 0. The minimum absolute atomic E-state index is 0.0229. The Bertz CT molecular complexity index is 601. The summed E-state index contributed by atoms with van der Waals surface area (Å²) in [6.45, 7) is 5.66. The van der Waals surface area contributed by atoms with E-state index in [1.165, 1.54) is 10.5 Å². The zero-order chi connectivity index (χ0) is 19.2. The van der Waals surface area contributed by atoms with Crippen molar-refractivity contribution < 1.29 is 18.7 Å². The highest BCUT2D eigenvalue weighted by Crippen LogP contribution is 2.23. The van der Waals surface area contributed by atoms with Gasteiger partial charge in [-0.05, 0) is 45.6 Å². The number of likely N-dealkylation sites (tertiary alicyclic amines) is 1. The second-order valence-corrected chi connectivity index (χ2v) is 7.72. The van der Waals surface area contributed by atoms with Crippen LogP contribution in [-0.2, 0) is 16.0 Å². The molecule has 0 aromatic heterocycles. The van der Waals surface area contributed by atoms with Crippen LogP contribution in [0.15, 0.2) is 30.3 Å². The van der Waals surface area contributed by atoms with Gasteiger partial charge >= 0.3 is 6.09 Å². The lowest BCUT2D eigenvalue weighted by molar-refractivity contribution is -0.125. The van der Waals surface area contributed by atoms with Gasteiger partial charge in [0.25, 0.3) is 0 Å². The first kappa shape index (κ1) is 20.2. The first-order chi connectivity index (χ1) is 12.3. The molecule has 0 aliphatic carbocycles. The van der Waals surface area contributed by atoms with Gasteiger partial charge in [0.15, 0.2) is 0 Å². The predicted octanol–water partition coefficient (Wildman–Crippen LogP) is 3.47. The van der Waals surface area contributed by atoms with Crippen LogP contribution in [0, 0.1) is 0 Å². The third-order valence-corrected chi connectivity index (χ3v) is 4.21. The average Bonchev–Trinajstić information content (AvgIpc) is 2.96. The van der Waals surface area contributed by atoms with Crippen molar-refractivity contribution in [3.8, 4) is 0 Å². The van der Waals surface area contributed by atoms with Crippen LogP contribution in [0.5, 0.6) is 0 Å². The number of amides is 2. The molecule has 6 heteroatoms. The van der Waals surface area contributed by atoms with Gasteiger partial charge in [-0.3, -0.25) is 9.69 Å². The number of unbranched alkanes of at least 4 members (excludes halogenated alkanes) is 1. The lowest BCUT2D eigenvalue weighted by Crippen LogP contribution is -2.47. The van der Waals surface area contributed by atoms with Crippen LogP contribution in [0.2, 0.25) is 0 Å². The lowest BCUT2D eigenvalue weighted by Gasteiger charge is -2.27. The number of halogens is 1. The number of hydrogen-bond acceptors (Lipinski definition) is 3. The molecule has 2 rings (SSSR count). The first-order valence-corrected chi connectivity index (χ1v) is 9.21. The van der Waals surface area contributed by atoms with E-state index in [1.807, 2.05) is 18.2 Å². The molecule has 26 heavy (non-hydrogen) atoms. The van der Waals surface area contributed by atoms with Crippen LogP contribution in [-0.4, -0.2) is 47.8 Å². The lowest BCUT2D eigenvalue weighted by atomic mass is 10.1. The Labute approximate surface area is 154 Å². The Morgan fingerprint density at radius 3 is 2.58 bits per heavy atom. The van der Waals surface area contributed by atoms with Gasteiger partial charge < -0.3 is 10.1 Å². The number of carbonyl (C=O) groups is 2. The van der Waals surface area contributed by atoms with Crippen LogP contribution in [0.4, 0.5) is 9.18 Å². The molecule has 0 saturated carbocycles. The van der Waals surface area contributed by atoms with E-state index in [9.17, 15) is 14.0 Å². The highest BCUT2D eigenvalue weighted by molar-refractivity contribution is 5.86. The number of nitrogens with one attached hydrogen (secondary N) is 1. The molecule has 5 nitrogen and oxygen atoms in total. The number of aryl methyl sites for hydroxylation is 1. The minimum atomic E-state index is -1.20. The normalized spacial score (nSPS) is 20.1. The summed E-state index contributed by atoms with van der Waals surface area (Å²) < 4.78 is 19.1. The fourth-order valence-electron chi connectivity index (χ4n) is 2.98. The SMILES string of the molecule is CC(C)(C)OC(=O)N1C[C@H](F)C[C@H]1C(=O)NCCCCc1ccccc1. The molecule has 1 aromatic rings. The number of hydrogen-bond donors (Lipinski definition) is 1. The van der Waals surface area contributed by atoms with Gasteiger partial charge in [-0.2, -0.15) is 0 Å². The van der Waals surface area contributed by atoms with Gasteiger partial charge in [0, 0.05) is 13.0 Å². The Kier molecular flexibility index (Phi) is 7.00. The summed E-state index contributed by atoms with van der Waals surface area (Å²) in [5.41, 5.74) is 0.593. The van der Waals surface area contributed by atoms with Gasteiger partial charge in [0.2, 0.25) is 5.91 Å². The van der Waals surface area contributed by atoms with Gasteiger partial charge in [0.05, 0.1) is 6.54 Å². The van der Waals surface area contributed by atoms with E-state index in [4.69, 9.17) is 4.74 Å². The molecule has 1 aliphatic rings. The largest absolute Gasteiger partial charge is 0.444 e. The van der Waals surface area contributed by atoms with Crippen molar-refractivity contribution in [2.24, 2.45) is 0 Å². The molecule has 2 atom stereocenters. The molecule has 1 heterocycles. The molecule has 1 saturated heterocycles. The van der Waals surface area contributed by atoms with Crippen molar-refractivity contribution in [3.63, 3.8) is 0 Å². The molecule has 1 fully saturated rings. The molecule has 2 amide bonds. The summed E-state index contributed by atoms with van der Waals surface area (Å²) in [7, 11) is 0. The molecule has 0 spiro atoms. The molecule has 1 N–H and O–H groups in total. The smallest absolute Gasteiger partial charge is 0.411 e. The van der Waals surface area contributed by atoms with E-state index in [-0.39, 0.29) is 18.9 Å². The zero-order valence-corrected chi connectivity index (χ0v) is 15.8.